The molecule has 1 rings (SSSR count). The predicted octanol–water partition coefficient (Wildman–Crippen LogP) is 4.46. The van der Waals surface area contributed by atoms with E-state index in [0.29, 0.717) is 0 Å². The van der Waals surface area contributed by atoms with Crippen molar-refractivity contribution in [1.29, 1.82) is 0 Å². The van der Waals surface area contributed by atoms with E-state index < -0.39 is 0 Å². The monoisotopic (exact) mass is 305 g/mol. The van der Waals surface area contributed by atoms with E-state index in [4.69, 9.17) is 0 Å². The van der Waals surface area contributed by atoms with Gasteiger partial charge in [-0.2, -0.15) is 30.2 Å². The van der Waals surface area contributed by atoms with Gasteiger partial charge in [0.05, 0.1) is 0 Å². The van der Waals surface area contributed by atoms with Crippen molar-refractivity contribution < 1.29 is 32.7 Å². The van der Waals surface area contributed by atoms with Crippen molar-refractivity contribution >= 4 is 0 Å². The molecule has 0 bridgehead atoms. The van der Waals surface area contributed by atoms with Crippen LogP contribution in [0.1, 0.15) is 58.2 Å². The van der Waals surface area contributed by atoms with Crippen molar-refractivity contribution in [2.24, 2.45) is 0 Å². The molecule has 17 heavy (non-hydrogen) atoms. The van der Waals surface area contributed by atoms with Crippen LogP contribution in [0.5, 0.6) is 0 Å². The van der Waals surface area contributed by atoms with Crippen LogP contribution in [0.2, 0.25) is 0 Å². The summed E-state index contributed by atoms with van der Waals surface area (Å²) in [6, 6.07) is 7.77. The first kappa shape index (κ1) is 17.3. The van der Waals surface area contributed by atoms with Crippen molar-refractivity contribution in [3.8, 4) is 0 Å². The van der Waals surface area contributed by atoms with E-state index in [1.54, 1.807) is 0 Å². The Morgan fingerprint density at radius 1 is 1.00 bits per heavy atom. The van der Waals surface area contributed by atoms with Gasteiger partial charge in [-0.25, -0.2) is 0 Å². The Bertz CT molecular complexity index is 364. The fourth-order valence-electron chi connectivity index (χ4n) is 1.92. The molecule has 0 aliphatic rings. The van der Waals surface area contributed by atoms with Crippen molar-refractivity contribution in [1.82, 2.24) is 0 Å². The summed E-state index contributed by atoms with van der Waals surface area (Å²) in [5.41, 5.74) is 4.40. The van der Waals surface area contributed by atoms with Crippen molar-refractivity contribution in [2.75, 3.05) is 0 Å². The molecule has 0 saturated heterocycles. The fraction of sp³-hybridized carbons (Fsp3) is 0.562. The van der Waals surface area contributed by atoms with Crippen LogP contribution in [0.15, 0.2) is 12.1 Å². The molecule has 93 valence electrons. The normalized spacial score (nSPS) is 12.2. The molecule has 1 aromatic rings. The Morgan fingerprint density at radius 2 is 1.47 bits per heavy atom. The maximum absolute atomic E-state index is 3.94. The second-order valence-electron chi connectivity index (χ2n) is 6.54. The fourth-order valence-corrected chi connectivity index (χ4v) is 1.92. The van der Waals surface area contributed by atoms with E-state index in [2.05, 4.69) is 66.7 Å². The maximum atomic E-state index is 3.94. The van der Waals surface area contributed by atoms with E-state index in [1.807, 2.05) is 0 Å². The first-order valence-electron chi connectivity index (χ1n) is 6.01. The second kappa shape index (κ2) is 5.98. The van der Waals surface area contributed by atoms with Gasteiger partial charge < -0.3 is 6.92 Å². The SMILES string of the molecule is [CH2-]Cc1[c-]cc(C(C)(C)C)c(C(C)(C)C)c1.[Y]. The van der Waals surface area contributed by atoms with Crippen molar-refractivity contribution in [3.63, 3.8) is 0 Å². The van der Waals surface area contributed by atoms with Gasteiger partial charge in [0.15, 0.2) is 0 Å². The van der Waals surface area contributed by atoms with E-state index in [0.717, 1.165) is 6.42 Å². The molecule has 1 heteroatoms. The van der Waals surface area contributed by atoms with E-state index in [-0.39, 0.29) is 43.5 Å². The molecule has 0 N–H and O–H groups in total. The Kier molecular flexibility index (Phi) is 6.09. The molecule has 0 fully saturated rings. The summed E-state index contributed by atoms with van der Waals surface area (Å²) < 4.78 is 0. The topological polar surface area (TPSA) is 0 Å². The molecule has 0 unspecified atom stereocenters. The van der Waals surface area contributed by atoms with Crippen LogP contribution in [0.4, 0.5) is 0 Å². The average molecular weight is 305 g/mol. The van der Waals surface area contributed by atoms with Crippen LogP contribution in [-0.4, -0.2) is 0 Å². The molecule has 0 atom stereocenters. The van der Waals surface area contributed by atoms with Crippen LogP contribution < -0.4 is 0 Å². The zero-order chi connectivity index (χ0) is 12.6. The van der Waals surface area contributed by atoms with Crippen LogP contribution in [0.25, 0.3) is 0 Å². The minimum atomic E-state index is 0. The standard InChI is InChI=1S/C16H24.Y/c1-8-12-9-10-13(15(2,3)4)14(11-12)16(5,6)7;/h10-11H,1,8H2,2-7H3;/q-2;. The number of hydrogen-bond acceptors (Lipinski definition) is 0. The molecule has 0 aliphatic carbocycles. The summed E-state index contributed by atoms with van der Waals surface area (Å²) in [5, 5.41) is 0. The summed E-state index contributed by atoms with van der Waals surface area (Å²) in [6.07, 6.45) is 0.813. The van der Waals surface area contributed by atoms with Gasteiger partial charge in [-0.05, 0) is 5.41 Å². The largest absolute Gasteiger partial charge is 0.341 e. The maximum Gasteiger partial charge on any atom is 0 e. The Balaban J connectivity index is 0.00000256. The molecule has 0 aliphatic heterocycles. The quantitative estimate of drug-likeness (QED) is 0.672. The third kappa shape index (κ3) is 4.49. The van der Waals surface area contributed by atoms with E-state index >= 15 is 0 Å². The summed E-state index contributed by atoms with van der Waals surface area (Å²) in [5.74, 6) is 0. The summed E-state index contributed by atoms with van der Waals surface area (Å²) in [6.45, 7) is 17.5. The van der Waals surface area contributed by atoms with Gasteiger partial charge >= 0.3 is 0 Å². The van der Waals surface area contributed by atoms with Crippen LogP contribution in [-0.2, 0) is 50.0 Å². The summed E-state index contributed by atoms with van der Waals surface area (Å²) in [7, 11) is 0. The summed E-state index contributed by atoms with van der Waals surface area (Å²) in [4.78, 5) is 0. The molecule has 0 aromatic heterocycles. The average Bonchev–Trinajstić information content (AvgIpc) is 2.14. The van der Waals surface area contributed by atoms with Crippen LogP contribution >= 0.6 is 0 Å². The zero-order valence-corrected chi connectivity index (χ0v) is 15.0. The van der Waals surface area contributed by atoms with Gasteiger partial charge in [0.2, 0.25) is 0 Å². The number of hydrogen-bond donors (Lipinski definition) is 0. The molecular formula is C16H24Y-2. The number of rotatable bonds is 1. The molecule has 1 radical (unpaired) electrons. The minimum Gasteiger partial charge on any atom is -0.341 e. The van der Waals surface area contributed by atoms with Gasteiger partial charge in [0, 0.05) is 32.7 Å². The Hall–Kier alpha value is 0.324. The van der Waals surface area contributed by atoms with Gasteiger partial charge in [0.25, 0.3) is 0 Å². The Labute approximate surface area is 132 Å². The van der Waals surface area contributed by atoms with Gasteiger partial charge in [0.1, 0.15) is 0 Å². The summed E-state index contributed by atoms with van der Waals surface area (Å²) >= 11 is 0. The Morgan fingerprint density at radius 3 is 1.82 bits per heavy atom. The van der Waals surface area contributed by atoms with E-state index in [9.17, 15) is 0 Å². The first-order chi connectivity index (χ1) is 7.16. The molecule has 0 heterocycles. The molecule has 0 saturated carbocycles. The second-order valence-corrected chi connectivity index (χ2v) is 6.54. The first-order valence-corrected chi connectivity index (χ1v) is 6.01. The predicted molar refractivity (Wildman–Crippen MR) is 71.7 cm³/mol. The third-order valence-electron chi connectivity index (χ3n) is 2.90. The van der Waals surface area contributed by atoms with Crippen molar-refractivity contribution in [2.45, 2.75) is 58.8 Å². The van der Waals surface area contributed by atoms with Crippen molar-refractivity contribution in [3.05, 3.63) is 41.8 Å². The van der Waals surface area contributed by atoms with Gasteiger partial charge in [-0.1, -0.05) is 47.0 Å². The molecular weight excluding hydrogens is 281 g/mol. The minimum absolute atomic E-state index is 0. The van der Waals surface area contributed by atoms with E-state index in [1.165, 1.54) is 16.7 Å². The molecule has 1 aromatic carbocycles. The molecule has 0 spiro atoms. The van der Waals surface area contributed by atoms with Gasteiger partial charge in [-0.3, -0.25) is 0 Å². The molecule has 0 amide bonds. The molecule has 0 nitrogen and oxygen atoms in total. The third-order valence-corrected chi connectivity index (χ3v) is 2.90. The van der Waals surface area contributed by atoms with Crippen LogP contribution in [0.3, 0.4) is 0 Å². The van der Waals surface area contributed by atoms with Crippen LogP contribution in [0, 0.1) is 13.0 Å². The number of benzene rings is 1. The zero-order valence-electron chi connectivity index (χ0n) is 12.1. The van der Waals surface area contributed by atoms with Gasteiger partial charge in [-0.15, -0.1) is 11.1 Å². The smallest absolute Gasteiger partial charge is 0 e.